The zero-order chi connectivity index (χ0) is 13.9. The maximum absolute atomic E-state index is 12.1. The topological polar surface area (TPSA) is 35.5 Å². The molecule has 2 aromatic rings. The summed E-state index contributed by atoms with van der Waals surface area (Å²) in [5, 5.41) is 0. The van der Waals surface area contributed by atoms with E-state index in [1.165, 1.54) is 0 Å². The molecule has 1 heterocycles. The third kappa shape index (κ3) is 2.43. The van der Waals surface area contributed by atoms with E-state index in [1.54, 1.807) is 12.2 Å². The standard InChI is InChI=1S/C17H14O3/c1-12-4-2-3-5-14(12)15(18)8-6-13-7-9-16-17(10-13)20-11-19-16/h2-10H,11H2,1H3/b8-6+. The fourth-order valence-corrected chi connectivity index (χ4v) is 2.13. The Labute approximate surface area is 117 Å². The first-order chi connectivity index (χ1) is 9.74. The summed E-state index contributed by atoms with van der Waals surface area (Å²) in [7, 11) is 0. The number of rotatable bonds is 3. The van der Waals surface area contributed by atoms with Crippen LogP contribution in [0.3, 0.4) is 0 Å². The van der Waals surface area contributed by atoms with E-state index in [0.29, 0.717) is 0 Å². The van der Waals surface area contributed by atoms with Crippen molar-refractivity contribution in [3.63, 3.8) is 0 Å². The van der Waals surface area contributed by atoms with Gasteiger partial charge in [0.1, 0.15) is 0 Å². The van der Waals surface area contributed by atoms with Gasteiger partial charge in [0.05, 0.1) is 0 Å². The predicted octanol–water partition coefficient (Wildman–Crippen LogP) is 3.62. The van der Waals surface area contributed by atoms with Crippen LogP contribution < -0.4 is 9.47 Å². The molecular weight excluding hydrogens is 252 g/mol. The average molecular weight is 266 g/mol. The molecule has 1 aliphatic rings. The molecule has 0 aliphatic carbocycles. The van der Waals surface area contributed by atoms with Gasteiger partial charge in [-0.25, -0.2) is 0 Å². The van der Waals surface area contributed by atoms with Crippen molar-refractivity contribution in [1.29, 1.82) is 0 Å². The molecule has 3 heteroatoms. The maximum Gasteiger partial charge on any atom is 0.231 e. The summed E-state index contributed by atoms with van der Waals surface area (Å²) in [6, 6.07) is 13.2. The van der Waals surface area contributed by atoms with Crippen LogP contribution in [-0.4, -0.2) is 12.6 Å². The van der Waals surface area contributed by atoms with Crippen LogP contribution in [0.4, 0.5) is 0 Å². The van der Waals surface area contributed by atoms with E-state index in [9.17, 15) is 4.79 Å². The van der Waals surface area contributed by atoms with Crippen molar-refractivity contribution in [2.75, 3.05) is 6.79 Å². The number of aryl methyl sites for hydroxylation is 1. The summed E-state index contributed by atoms with van der Waals surface area (Å²) in [5.41, 5.74) is 2.62. The van der Waals surface area contributed by atoms with E-state index in [2.05, 4.69) is 0 Å². The lowest BCUT2D eigenvalue weighted by Crippen LogP contribution is -1.96. The van der Waals surface area contributed by atoms with Crippen LogP contribution in [0.2, 0.25) is 0 Å². The molecule has 0 unspecified atom stereocenters. The molecule has 0 saturated carbocycles. The highest BCUT2D eigenvalue weighted by molar-refractivity contribution is 6.07. The van der Waals surface area contributed by atoms with Crippen molar-refractivity contribution >= 4 is 11.9 Å². The number of ether oxygens (including phenoxy) is 2. The molecule has 0 atom stereocenters. The second-order valence-electron chi connectivity index (χ2n) is 4.63. The van der Waals surface area contributed by atoms with Crippen molar-refractivity contribution in [3.8, 4) is 11.5 Å². The van der Waals surface area contributed by atoms with Crippen LogP contribution in [0.5, 0.6) is 11.5 Å². The van der Waals surface area contributed by atoms with Gasteiger partial charge >= 0.3 is 0 Å². The number of hydrogen-bond donors (Lipinski definition) is 0. The third-order valence-corrected chi connectivity index (χ3v) is 3.23. The molecule has 0 spiro atoms. The molecule has 0 fully saturated rings. The van der Waals surface area contributed by atoms with Gasteiger partial charge in [0.25, 0.3) is 0 Å². The fourth-order valence-electron chi connectivity index (χ4n) is 2.13. The van der Waals surface area contributed by atoms with Gasteiger partial charge in [0.2, 0.25) is 6.79 Å². The van der Waals surface area contributed by atoms with E-state index < -0.39 is 0 Å². The average Bonchev–Trinajstić information content (AvgIpc) is 2.92. The van der Waals surface area contributed by atoms with Crippen LogP contribution in [-0.2, 0) is 0 Å². The molecule has 0 aromatic heterocycles. The Balaban J connectivity index is 1.81. The van der Waals surface area contributed by atoms with Crippen molar-refractivity contribution < 1.29 is 14.3 Å². The molecule has 0 radical (unpaired) electrons. The molecule has 1 aliphatic heterocycles. The van der Waals surface area contributed by atoms with Gasteiger partial charge in [-0.1, -0.05) is 36.4 Å². The Bertz CT molecular complexity index is 686. The van der Waals surface area contributed by atoms with Crippen molar-refractivity contribution in [3.05, 3.63) is 65.2 Å². The summed E-state index contributed by atoms with van der Waals surface area (Å²) in [5.74, 6) is 1.46. The Morgan fingerprint density at radius 1 is 1.10 bits per heavy atom. The van der Waals surface area contributed by atoms with E-state index in [1.807, 2.05) is 49.4 Å². The molecule has 20 heavy (non-hydrogen) atoms. The van der Waals surface area contributed by atoms with Crippen LogP contribution >= 0.6 is 0 Å². The van der Waals surface area contributed by atoms with E-state index >= 15 is 0 Å². The van der Waals surface area contributed by atoms with Crippen molar-refractivity contribution in [1.82, 2.24) is 0 Å². The predicted molar refractivity (Wildman–Crippen MR) is 77.1 cm³/mol. The van der Waals surface area contributed by atoms with Crippen LogP contribution in [0.1, 0.15) is 21.5 Å². The van der Waals surface area contributed by atoms with E-state index in [0.717, 1.165) is 28.2 Å². The number of fused-ring (bicyclic) bond motifs is 1. The summed E-state index contributed by atoms with van der Waals surface area (Å²) in [6.45, 7) is 2.19. The molecule has 0 amide bonds. The molecule has 0 N–H and O–H groups in total. The highest BCUT2D eigenvalue weighted by atomic mass is 16.7. The van der Waals surface area contributed by atoms with Gasteiger partial charge < -0.3 is 9.47 Å². The highest BCUT2D eigenvalue weighted by Crippen LogP contribution is 2.32. The lowest BCUT2D eigenvalue weighted by atomic mass is 10.0. The number of ketones is 1. The van der Waals surface area contributed by atoms with Crippen molar-refractivity contribution in [2.45, 2.75) is 6.92 Å². The number of benzene rings is 2. The van der Waals surface area contributed by atoms with E-state index in [4.69, 9.17) is 9.47 Å². The van der Waals surface area contributed by atoms with Gasteiger partial charge in [-0.3, -0.25) is 4.79 Å². The van der Waals surface area contributed by atoms with Gasteiger partial charge in [-0.05, 0) is 36.3 Å². The molecule has 0 bridgehead atoms. The minimum absolute atomic E-state index is 0.000710. The summed E-state index contributed by atoms with van der Waals surface area (Å²) >= 11 is 0. The number of hydrogen-bond acceptors (Lipinski definition) is 3. The first kappa shape index (κ1) is 12.5. The zero-order valence-electron chi connectivity index (χ0n) is 11.1. The van der Waals surface area contributed by atoms with Gasteiger partial charge in [0, 0.05) is 5.56 Å². The quantitative estimate of drug-likeness (QED) is 0.628. The molecule has 0 saturated heterocycles. The molecular formula is C17H14O3. The highest BCUT2D eigenvalue weighted by Gasteiger charge is 2.12. The Morgan fingerprint density at radius 2 is 1.90 bits per heavy atom. The van der Waals surface area contributed by atoms with Crippen LogP contribution in [0, 0.1) is 6.92 Å². The smallest absolute Gasteiger partial charge is 0.231 e. The zero-order valence-corrected chi connectivity index (χ0v) is 11.1. The summed E-state index contributed by atoms with van der Waals surface area (Å²) < 4.78 is 10.6. The number of carbonyl (C=O) groups is 1. The Morgan fingerprint density at radius 3 is 2.75 bits per heavy atom. The van der Waals surface area contributed by atoms with Gasteiger partial charge in [0.15, 0.2) is 17.3 Å². The Kier molecular flexibility index (Phi) is 3.25. The second kappa shape index (κ2) is 5.21. The normalized spacial score (nSPS) is 12.8. The minimum Gasteiger partial charge on any atom is -0.454 e. The molecule has 3 rings (SSSR count). The SMILES string of the molecule is Cc1ccccc1C(=O)/C=C/c1ccc2c(c1)OCO2. The Hall–Kier alpha value is -2.55. The van der Waals surface area contributed by atoms with Gasteiger partial charge in [-0.15, -0.1) is 0 Å². The monoisotopic (exact) mass is 266 g/mol. The first-order valence-corrected chi connectivity index (χ1v) is 6.42. The lowest BCUT2D eigenvalue weighted by molar-refractivity contribution is 0.104. The first-order valence-electron chi connectivity index (χ1n) is 6.42. The summed E-state index contributed by atoms with van der Waals surface area (Å²) in [4.78, 5) is 12.1. The summed E-state index contributed by atoms with van der Waals surface area (Å²) in [6.07, 6.45) is 3.37. The molecule has 3 nitrogen and oxygen atoms in total. The van der Waals surface area contributed by atoms with Crippen LogP contribution in [0.15, 0.2) is 48.5 Å². The minimum atomic E-state index is 0.000710. The van der Waals surface area contributed by atoms with Crippen molar-refractivity contribution in [2.24, 2.45) is 0 Å². The van der Waals surface area contributed by atoms with E-state index in [-0.39, 0.29) is 12.6 Å². The second-order valence-corrected chi connectivity index (χ2v) is 4.63. The van der Waals surface area contributed by atoms with Gasteiger partial charge in [-0.2, -0.15) is 0 Å². The lowest BCUT2D eigenvalue weighted by Gasteiger charge is -2.01. The number of carbonyl (C=O) groups excluding carboxylic acids is 1. The van der Waals surface area contributed by atoms with Crippen LogP contribution in [0.25, 0.3) is 6.08 Å². The number of allylic oxidation sites excluding steroid dienone is 1. The largest absolute Gasteiger partial charge is 0.454 e. The third-order valence-electron chi connectivity index (χ3n) is 3.23. The maximum atomic E-state index is 12.1. The molecule has 100 valence electrons. The molecule has 2 aromatic carbocycles. The fraction of sp³-hybridized carbons (Fsp3) is 0.118.